The van der Waals surface area contributed by atoms with Gasteiger partial charge in [-0.05, 0) is 58.3 Å². The molecule has 5 heteroatoms. The highest BCUT2D eigenvalue weighted by molar-refractivity contribution is 5.85. The van der Waals surface area contributed by atoms with E-state index in [2.05, 4.69) is 22.3 Å². The quantitative estimate of drug-likeness (QED) is 0.209. The lowest BCUT2D eigenvalue weighted by Crippen LogP contribution is -2.43. The van der Waals surface area contributed by atoms with Crippen LogP contribution in [0.5, 0.6) is 0 Å². The Morgan fingerprint density at radius 3 is 2.60 bits per heavy atom. The van der Waals surface area contributed by atoms with Crippen LogP contribution in [-0.4, -0.2) is 48.2 Å². The number of hydrogen-bond acceptors (Lipinski definition) is 4. The standard InChI is InChI=1S/C15H32N4O/c1-4-10-19-11-6-13(7-12-19)17-9-5-8-15(2,3)14(16)18-20/h13,17,20H,4-12H2,1-3H3,(H2,16,18). The first-order valence-electron chi connectivity index (χ1n) is 7.93. The van der Waals surface area contributed by atoms with Crippen LogP contribution in [0.2, 0.25) is 0 Å². The van der Waals surface area contributed by atoms with Gasteiger partial charge in [0.1, 0.15) is 5.84 Å². The minimum absolute atomic E-state index is 0.221. The van der Waals surface area contributed by atoms with E-state index in [0.717, 1.165) is 19.4 Å². The molecule has 1 fully saturated rings. The maximum absolute atomic E-state index is 8.74. The average molecular weight is 284 g/mol. The maximum Gasteiger partial charge on any atom is 0.144 e. The molecule has 0 bridgehead atoms. The fourth-order valence-electron chi connectivity index (χ4n) is 2.78. The summed E-state index contributed by atoms with van der Waals surface area (Å²) in [7, 11) is 0. The Hall–Kier alpha value is -0.810. The van der Waals surface area contributed by atoms with Gasteiger partial charge in [-0.15, -0.1) is 0 Å². The molecule has 0 unspecified atom stereocenters. The van der Waals surface area contributed by atoms with Crippen molar-refractivity contribution in [3.05, 3.63) is 0 Å². The molecule has 5 nitrogen and oxygen atoms in total. The van der Waals surface area contributed by atoms with Crippen LogP contribution in [0.4, 0.5) is 0 Å². The first-order valence-corrected chi connectivity index (χ1v) is 7.93. The lowest BCUT2D eigenvalue weighted by atomic mass is 9.86. The van der Waals surface area contributed by atoms with Gasteiger partial charge in [-0.3, -0.25) is 0 Å². The zero-order valence-electron chi connectivity index (χ0n) is 13.4. The van der Waals surface area contributed by atoms with Crippen LogP contribution in [0.25, 0.3) is 0 Å². The molecular weight excluding hydrogens is 252 g/mol. The number of oxime groups is 1. The number of nitrogens with zero attached hydrogens (tertiary/aromatic N) is 2. The van der Waals surface area contributed by atoms with Crippen LogP contribution in [0.1, 0.15) is 52.9 Å². The molecule has 0 aromatic rings. The van der Waals surface area contributed by atoms with Gasteiger partial charge in [0.05, 0.1) is 0 Å². The first kappa shape index (κ1) is 17.2. The molecule has 1 aliphatic rings. The molecule has 0 saturated carbocycles. The highest BCUT2D eigenvalue weighted by Crippen LogP contribution is 2.22. The highest BCUT2D eigenvalue weighted by Gasteiger charge is 2.23. The predicted molar refractivity (Wildman–Crippen MR) is 84.2 cm³/mol. The Morgan fingerprint density at radius 2 is 2.05 bits per heavy atom. The zero-order chi connectivity index (χ0) is 15.0. The van der Waals surface area contributed by atoms with Crippen LogP contribution >= 0.6 is 0 Å². The highest BCUT2D eigenvalue weighted by atomic mass is 16.4. The van der Waals surface area contributed by atoms with Crippen molar-refractivity contribution in [1.29, 1.82) is 0 Å². The summed E-state index contributed by atoms with van der Waals surface area (Å²) in [5.41, 5.74) is 5.47. The normalized spacial score (nSPS) is 19.4. The number of piperidine rings is 1. The van der Waals surface area contributed by atoms with Crippen LogP contribution in [0.3, 0.4) is 0 Å². The number of likely N-dealkylation sites (tertiary alicyclic amines) is 1. The van der Waals surface area contributed by atoms with Gasteiger partial charge in [0.2, 0.25) is 0 Å². The summed E-state index contributed by atoms with van der Waals surface area (Å²) in [5, 5.41) is 15.5. The maximum atomic E-state index is 8.74. The Labute approximate surface area is 123 Å². The molecule has 1 aliphatic heterocycles. The van der Waals surface area contributed by atoms with Gasteiger partial charge < -0.3 is 21.2 Å². The second-order valence-corrected chi connectivity index (χ2v) is 6.54. The van der Waals surface area contributed by atoms with Crippen LogP contribution in [0, 0.1) is 5.41 Å². The summed E-state index contributed by atoms with van der Waals surface area (Å²) in [6, 6.07) is 0.662. The van der Waals surface area contributed by atoms with Crippen LogP contribution < -0.4 is 11.1 Å². The molecule has 0 aliphatic carbocycles. The van der Waals surface area contributed by atoms with Crippen molar-refractivity contribution >= 4 is 5.84 Å². The molecule has 0 atom stereocenters. The minimum Gasteiger partial charge on any atom is -0.409 e. The van der Waals surface area contributed by atoms with Crippen molar-refractivity contribution in [3.63, 3.8) is 0 Å². The van der Waals surface area contributed by atoms with Crippen molar-refractivity contribution in [2.45, 2.75) is 58.9 Å². The molecule has 1 heterocycles. The number of amidine groups is 1. The summed E-state index contributed by atoms with van der Waals surface area (Å²) in [6.07, 6.45) is 5.75. The monoisotopic (exact) mass is 284 g/mol. The first-order chi connectivity index (χ1) is 9.49. The van der Waals surface area contributed by atoms with Gasteiger partial charge in [-0.1, -0.05) is 25.9 Å². The fourth-order valence-corrected chi connectivity index (χ4v) is 2.78. The minimum atomic E-state index is -0.221. The third-order valence-electron chi connectivity index (χ3n) is 4.34. The Bertz CT molecular complexity index is 296. The third-order valence-corrected chi connectivity index (χ3v) is 4.34. The number of nitrogens with two attached hydrogens (primary N) is 1. The molecule has 0 spiro atoms. The van der Waals surface area contributed by atoms with Crippen molar-refractivity contribution in [2.75, 3.05) is 26.2 Å². The summed E-state index contributed by atoms with van der Waals surface area (Å²) in [4.78, 5) is 2.56. The second-order valence-electron chi connectivity index (χ2n) is 6.54. The van der Waals surface area contributed by atoms with Crippen molar-refractivity contribution in [1.82, 2.24) is 10.2 Å². The van der Waals surface area contributed by atoms with E-state index in [-0.39, 0.29) is 5.41 Å². The van der Waals surface area contributed by atoms with Crippen molar-refractivity contribution < 1.29 is 5.21 Å². The summed E-state index contributed by atoms with van der Waals surface area (Å²) >= 11 is 0. The molecule has 0 aromatic heterocycles. The molecule has 20 heavy (non-hydrogen) atoms. The Balaban J connectivity index is 2.14. The fraction of sp³-hybridized carbons (Fsp3) is 0.933. The molecule has 0 radical (unpaired) electrons. The third kappa shape index (κ3) is 5.67. The summed E-state index contributed by atoms with van der Waals surface area (Å²) in [5.74, 6) is 0.324. The smallest absolute Gasteiger partial charge is 0.144 e. The van der Waals surface area contributed by atoms with E-state index in [1.54, 1.807) is 0 Å². The lowest BCUT2D eigenvalue weighted by molar-refractivity contribution is 0.197. The molecule has 0 amide bonds. The molecule has 0 aromatic carbocycles. The SMILES string of the molecule is CCCN1CCC(NCCCC(C)(C)C(N)=NO)CC1. The number of hydrogen-bond donors (Lipinski definition) is 3. The molecule has 1 rings (SSSR count). The van der Waals surface area contributed by atoms with E-state index in [4.69, 9.17) is 10.9 Å². The topological polar surface area (TPSA) is 73.9 Å². The van der Waals surface area contributed by atoms with Gasteiger partial charge in [0.25, 0.3) is 0 Å². The van der Waals surface area contributed by atoms with E-state index in [1.807, 2.05) is 13.8 Å². The summed E-state index contributed by atoms with van der Waals surface area (Å²) in [6.45, 7) is 11.0. The summed E-state index contributed by atoms with van der Waals surface area (Å²) < 4.78 is 0. The van der Waals surface area contributed by atoms with Gasteiger partial charge >= 0.3 is 0 Å². The molecular formula is C15H32N4O. The Kier molecular flexibility index (Phi) is 7.30. The molecule has 4 N–H and O–H groups in total. The van der Waals surface area contributed by atoms with Gasteiger partial charge in [-0.2, -0.15) is 0 Å². The molecule has 1 saturated heterocycles. The van der Waals surface area contributed by atoms with Gasteiger partial charge in [0, 0.05) is 11.5 Å². The largest absolute Gasteiger partial charge is 0.409 e. The van der Waals surface area contributed by atoms with Gasteiger partial charge in [-0.25, -0.2) is 0 Å². The number of nitrogens with one attached hydrogen (secondary N) is 1. The van der Waals surface area contributed by atoms with Crippen LogP contribution in [0.15, 0.2) is 5.16 Å². The van der Waals surface area contributed by atoms with E-state index >= 15 is 0 Å². The van der Waals surface area contributed by atoms with Gasteiger partial charge in [0.15, 0.2) is 0 Å². The lowest BCUT2D eigenvalue weighted by Gasteiger charge is -2.32. The molecule has 118 valence electrons. The number of rotatable bonds is 8. The second kappa shape index (κ2) is 8.47. The van der Waals surface area contributed by atoms with E-state index in [9.17, 15) is 0 Å². The van der Waals surface area contributed by atoms with E-state index < -0.39 is 0 Å². The Morgan fingerprint density at radius 1 is 1.40 bits per heavy atom. The van der Waals surface area contributed by atoms with E-state index in [1.165, 1.54) is 38.9 Å². The van der Waals surface area contributed by atoms with Crippen LogP contribution in [-0.2, 0) is 0 Å². The zero-order valence-corrected chi connectivity index (χ0v) is 13.4. The van der Waals surface area contributed by atoms with Crippen molar-refractivity contribution in [2.24, 2.45) is 16.3 Å². The van der Waals surface area contributed by atoms with Crippen molar-refractivity contribution in [3.8, 4) is 0 Å². The van der Waals surface area contributed by atoms with E-state index in [0.29, 0.717) is 11.9 Å². The predicted octanol–water partition coefficient (Wildman–Crippen LogP) is 2.00. The average Bonchev–Trinajstić information content (AvgIpc) is 2.44.